The molecule has 1 heterocycles. The zero-order valence-electron chi connectivity index (χ0n) is 11.1. The van der Waals surface area contributed by atoms with Gasteiger partial charge in [0.1, 0.15) is 11.9 Å². The summed E-state index contributed by atoms with van der Waals surface area (Å²) in [6.45, 7) is 4.79. The Morgan fingerprint density at radius 1 is 1.63 bits per heavy atom. The van der Waals surface area contributed by atoms with Gasteiger partial charge in [-0.15, -0.1) is 0 Å². The maximum atomic E-state index is 12.0. The molecule has 2 rings (SSSR count). The highest BCUT2D eigenvalue weighted by molar-refractivity contribution is 9.10. The summed E-state index contributed by atoms with van der Waals surface area (Å²) in [5.41, 5.74) is 1.01. The lowest BCUT2D eigenvalue weighted by Gasteiger charge is -2.27. The maximum Gasteiger partial charge on any atom is 0.249 e. The summed E-state index contributed by atoms with van der Waals surface area (Å²) < 4.78 is 11.9. The van der Waals surface area contributed by atoms with Gasteiger partial charge in [-0.25, -0.2) is 0 Å². The third-order valence-electron chi connectivity index (χ3n) is 3.11. The van der Waals surface area contributed by atoms with Crippen LogP contribution >= 0.6 is 15.9 Å². The van der Waals surface area contributed by atoms with Gasteiger partial charge in [0, 0.05) is 23.1 Å². The molecule has 0 aromatic heterocycles. The van der Waals surface area contributed by atoms with Gasteiger partial charge in [-0.3, -0.25) is 4.79 Å². The Hall–Kier alpha value is -1.07. The predicted molar refractivity (Wildman–Crippen MR) is 76.2 cm³/mol. The van der Waals surface area contributed by atoms with Crippen molar-refractivity contribution in [3.05, 3.63) is 28.2 Å². The molecule has 0 fully saturated rings. The molecule has 0 bridgehead atoms. The minimum atomic E-state index is -0.427. The lowest BCUT2D eigenvalue weighted by Crippen LogP contribution is -2.38. The van der Waals surface area contributed by atoms with Gasteiger partial charge in [-0.2, -0.15) is 0 Å². The number of amides is 1. The fourth-order valence-electron chi connectivity index (χ4n) is 2.13. The van der Waals surface area contributed by atoms with Gasteiger partial charge >= 0.3 is 0 Å². The summed E-state index contributed by atoms with van der Waals surface area (Å²) in [7, 11) is 0. The lowest BCUT2D eigenvalue weighted by molar-refractivity contribution is -0.132. The number of fused-ring (bicyclic) bond motifs is 1. The highest BCUT2D eigenvalue weighted by atomic mass is 79.9. The highest BCUT2D eigenvalue weighted by Crippen LogP contribution is 2.34. The lowest BCUT2D eigenvalue weighted by atomic mass is 10.0. The number of carbonyl (C=O) groups is 1. The van der Waals surface area contributed by atoms with E-state index in [0.717, 1.165) is 22.2 Å². The van der Waals surface area contributed by atoms with E-state index in [1.165, 1.54) is 0 Å². The van der Waals surface area contributed by atoms with Crippen LogP contribution < -0.4 is 10.1 Å². The van der Waals surface area contributed by atoms with Crippen LogP contribution in [0.1, 0.15) is 31.9 Å². The first kappa shape index (κ1) is 14.3. The molecule has 1 aromatic carbocycles. The van der Waals surface area contributed by atoms with Crippen molar-refractivity contribution >= 4 is 21.8 Å². The van der Waals surface area contributed by atoms with Crippen molar-refractivity contribution in [2.75, 3.05) is 13.2 Å². The minimum Gasteiger partial charge on any atom is -0.493 e. The Balaban J connectivity index is 2.11. The van der Waals surface area contributed by atoms with Crippen molar-refractivity contribution in [2.45, 2.75) is 32.4 Å². The second-order valence-electron chi connectivity index (χ2n) is 4.48. The van der Waals surface area contributed by atoms with Crippen molar-refractivity contribution in [3.63, 3.8) is 0 Å². The van der Waals surface area contributed by atoms with Crippen molar-refractivity contribution < 1.29 is 14.3 Å². The number of benzene rings is 1. The monoisotopic (exact) mass is 327 g/mol. The van der Waals surface area contributed by atoms with Gasteiger partial charge in [0.05, 0.1) is 12.6 Å². The van der Waals surface area contributed by atoms with Crippen molar-refractivity contribution in [1.82, 2.24) is 5.32 Å². The van der Waals surface area contributed by atoms with E-state index in [9.17, 15) is 4.79 Å². The van der Waals surface area contributed by atoms with E-state index in [1.54, 1.807) is 6.92 Å². The van der Waals surface area contributed by atoms with Crippen LogP contribution in [0.3, 0.4) is 0 Å². The molecule has 0 spiro atoms. The van der Waals surface area contributed by atoms with Crippen molar-refractivity contribution in [3.8, 4) is 5.75 Å². The number of nitrogens with one attached hydrogen (secondary N) is 1. The Morgan fingerprint density at radius 2 is 2.42 bits per heavy atom. The topological polar surface area (TPSA) is 47.6 Å². The Bertz CT molecular complexity index is 464. The summed E-state index contributed by atoms with van der Waals surface area (Å²) >= 11 is 3.44. The van der Waals surface area contributed by atoms with Crippen LogP contribution in [0.25, 0.3) is 0 Å². The quantitative estimate of drug-likeness (QED) is 0.925. The van der Waals surface area contributed by atoms with E-state index in [2.05, 4.69) is 21.2 Å². The number of carbonyl (C=O) groups excluding carboxylic acids is 1. The molecule has 0 unspecified atom stereocenters. The summed E-state index contributed by atoms with van der Waals surface area (Å²) in [4.78, 5) is 12.0. The van der Waals surface area contributed by atoms with Crippen molar-refractivity contribution in [2.24, 2.45) is 0 Å². The van der Waals surface area contributed by atoms with Crippen LogP contribution in [0.2, 0.25) is 0 Å². The van der Waals surface area contributed by atoms with Gasteiger partial charge in [0.25, 0.3) is 0 Å². The van der Waals surface area contributed by atoms with E-state index < -0.39 is 6.10 Å². The molecular formula is C14H18BrNO3. The van der Waals surface area contributed by atoms with Crippen LogP contribution in [0, 0.1) is 0 Å². The molecular weight excluding hydrogens is 310 g/mol. The van der Waals surface area contributed by atoms with E-state index in [-0.39, 0.29) is 11.9 Å². The fraction of sp³-hybridized carbons (Fsp3) is 0.500. The van der Waals surface area contributed by atoms with E-state index in [4.69, 9.17) is 9.47 Å². The van der Waals surface area contributed by atoms with E-state index in [0.29, 0.717) is 13.2 Å². The Labute approximate surface area is 121 Å². The minimum absolute atomic E-state index is 0.0170. The molecule has 19 heavy (non-hydrogen) atoms. The molecule has 1 amide bonds. The largest absolute Gasteiger partial charge is 0.493 e. The van der Waals surface area contributed by atoms with Crippen LogP contribution in [0.4, 0.5) is 0 Å². The van der Waals surface area contributed by atoms with Gasteiger partial charge < -0.3 is 14.8 Å². The molecule has 0 radical (unpaired) electrons. The fourth-order valence-corrected chi connectivity index (χ4v) is 2.51. The highest BCUT2D eigenvalue weighted by Gasteiger charge is 2.25. The third kappa shape index (κ3) is 3.48. The number of ether oxygens (including phenoxy) is 2. The summed E-state index contributed by atoms with van der Waals surface area (Å²) in [5.74, 6) is 0.753. The molecule has 0 aliphatic carbocycles. The molecule has 0 saturated heterocycles. The molecule has 104 valence electrons. The summed E-state index contributed by atoms with van der Waals surface area (Å²) in [5, 5.41) is 3.02. The van der Waals surface area contributed by atoms with Crippen molar-refractivity contribution in [1.29, 1.82) is 0 Å². The number of halogens is 1. The van der Waals surface area contributed by atoms with E-state index >= 15 is 0 Å². The number of hydrogen-bond acceptors (Lipinski definition) is 3. The second-order valence-corrected chi connectivity index (χ2v) is 5.39. The Morgan fingerprint density at radius 3 is 3.16 bits per heavy atom. The standard InChI is InChI=1S/C14H18BrNO3/c1-3-18-9(2)14(17)16-12-6-7-19-13-5-4-10(15)8-11(12)13/h4-5,8-9,12H,3,6-7H2,1-2H3,(H,16,17)/t9-,12+/m0/s1. The van der Waals surface area contributed by atoms with Gasteiger partial charge in [0.15, 0.2) is 0 Å². The molecule has 2 atom stereocenters. The first-order chi connectivity index (χ1) is 9.11. The van der Waals surface area contributed by atoms with E-state index in [1.807, 2.05) is 25.1 Å². The second kappa shape index (κ2) is 6.39. The SMILES string of the molecule is CCO[C@@H](C)C(=O)N[C@@H]1CCOc2ccc(Br)cc21. The third-order valence-corrected chi connectivity index (χ3v) is 3.61. The zero-order chi connectivity index (χ0) is 13.8. The molecule has 1 aliphatic rings. The van der Waals surface area contributed by atoms with Crippen LogP contribution in [-0.2, 0) is 9.53 Å². The van der Waals surface area contributed by atoms with Crippen LogP contribution in [0.5, 0.6) is 5.75 Å². The van der Waals surface area contributed by atoms with Gasteiger partial charge in [-0.1, -0.05) is 15.9 Å². The van der Waals surface area contributed by atoms with Gasteiger partial charge in [0.2, 0.25) is 5.91 Å². The molecule has 0 saturated carbocycles. The molecule has 1 aliphatic heterocycles. The normalized spacial score (nSPS) is 19.2. The van der Waals surface area contributed by atoms with Gasteiger partial charge in [-0.05, 0) is 32.0 Å². The Kier molecular flexibility index (Phi) is 4.82. The molecule has 5 heteroatoms. The first-order valence-corrected chi connectivity index (χ1v) is 7.25. The summed E-state index contributed by atoms with van der Waals surface area (Å²) in [6.07, 6.45) is 0.345. The average molecular weight is 328 g/mol. The predicted octanol–water partition coefficient (Wildman–Crippen LogP) is 2.81. The zero-order valence-corrected chi connectivity index (χ0v) is 12.7. The average Bonchev–Trinajstić information content (AvgIpc) is 2.39. The molecule has 1 N–H and O–H groups in total. The van der Waals surface area contributed by atoms with Crippen LogP contribution in [-0.4, -0.2) is 25.2 Å². The first-order valence-electron chi connectivity index (χ1n) is 6.46. The number of rotatable bonds is 4. The summed E-state index contributed by atoms with van der Waals surface area (Å²) in [6, 6.07) is 5.83. The maximum absolute atomic E-state index is 12.0. The smallest absolute Gasteiger partial charge is 0.249 e. The van der Waals surface area contributed by atoms with Crippen LogP contribution in [0.15, 0.2) is 22.7 Å². The molecule has 1 aromatic rings. The molecule has 4 nitrogen and oxygen atoms in total. The number of hydrogen-bond donors (Lipinski definition) is 1.